The van der Waals surface area contributed by atoms with Crippen molar-refractivity contribution < 1.29 is 0 Å². The molecular weight excluding hydrogens is 803 g/mol. The first-order valence-electron chi connectivity index (χ1n) is 22.6. The van der Waals surface area contributed by atoms with E-state index in [4.69, 9.17) is 15.0 Å². The van der Waals surface area contributed by atoms with Crippen molar-refractivity contribution in [3.63, 3.8) is 0 Å². The van der Waals surface area contributed by atoms with Gasteiger partial charge in [-0.2, -0.15) is 0 Å². The minimum atomic E-state index is -0.0423. The van der Waals surface area contributed by atoms with Crippen molar-refractivity contribution in [2.75, 3.05) is 0 Å². The summed E-state index contributed by atoms with van der Waals surface area (Å²) in [5.41, 5.74) is 15.1. The van der Waals surface area contributed by atoms with Gasteiger partial charge >= 0.3 is 0 Å². The third-order valence-corrected chi connectivity index (χ3v) is 12.9. The molecule has 12 rings (SSSR count). The summed E-state index contributed by atoms with van der Waals surface area (Å²) in [7, 11) is 0. The fraction of sp³-hybridized carbons (Fsp3) is 0.0656. The summed E-state index contributed by atoms with van der Waals surface area (Å²) in [5, 5.41) is 4.88. The molecule has 5 heteroatoms. The van der Waals surface area contributed by atoms with Gasteiger partial charge in [0, 0.05) is 55.0 Å². The maximum atomic E-state index is 5.25. The Hall–Kier alpha value is -8.41. The number of para-hydroxylation sites is 2. The predicted octanol–water partition coefficient (Wildman–Crippen LogP) is 15.7. The Morgan fingerprint density at radius 3 is 1.24 bits per heavy atom. The van der Waals surface area contributed by atoms with Crippen LogP contribution in [-0.4, -0.2) is 24.1 Å². The molecule has 0 unspecified atom stereocenters. The Balaban J connectivity index is 1.21. The van der Waals surface area contributed by atoms with Crippen LogP contribution in [0.5, 0.6) is 0 Å². The molecule has 0 aliphatic carbocycles. The molecule has 0 aliphatic rings. The molecule has 0 atom stereocenters. The molecule has 5 nitrogen and oxygen atoms in total. The zero-order valence-corrected chi connectivity index (χ0v) is 37.0. The molecule has 3 heterocycles. The largest absolute Gasteiger partial charge is 0.309 e. The van der Waals surface area contributed by atoms with E-state index in [-0.39, 0.29) is 5.41 Å². The minimum absolute atomic E-state index is 0.0423. The van der Waals surface area contributed by atoms with Gasteiger partial charge in [0.25, 0.3) is 0 Å². The second-order valence-corrected chi connectivity index (χ2v) is 18.1. The number of aromatic nitrogens is 5. The summed E-state index contributed by atoms with van der Waals surface area (Å²) in [6, 6.07) is 78.0. The van der Waals surface area contributed by atoms with Crippen LogP contribution in [0.15, 0.2) is 218 Å². The third-order valence-electron chi connectivity index (χ3n) is 12.9. The summed E-state index contributed by atoms with van der Waals surface area (Å²) in [4.78, 5) is 15.6. The molecule has 3 aromatic heterocycles. The van der Waals surface area contributed by atoms with Gasteiger partial charge in [0.2, 0.25) is 0 Å². The number of benzene rings is 9. The lowest BCUT2D eigenvalue weighted by molar-refractivity contribution is 0.591. The normalized spacial score (nSPS) is 11.9. The molecule has 0 saturated carbocycles. The monoisotopic (exact) mass is 847 g/mol. The van der Waals surface area contributed by atoms with E-state index >= 15 is 0 Å². The van der Waals surface area contributed by atoms with Crippen LogP contribution in [0.4, 0.5) is 0 Å². The van der Waals surface area contributed by atoms with Crippen LogP contribution in [0.1, 0.15) is 26.3 Å². The highest BCUT2D eigenvalue weighted by Crippen LogP contribution is 2.45. The maximum Gasteiger partial charge on any atom is 0.164 e. The van der Waals surface area contributed by atoms with Gasteiger partial charge in [-0.05, 0) is 70.6 Å². The Morgan fingerprint density at radius 2 is 0.742 bits per heavy atom. The first-order chi connectivity index (χ1) is 32.4. The van der Waals surface area contributed by atoms with E-state index in [0.717, 1.165) is 61.4 Å². The van der Waals surface area contributed by atoms with Gasteiger partial charge in [0.1, 0.15) is 0 Å². The van der Waals surface area contributed by atoms with E-state index in [1.807, 2.05) is 36.4 Å². The van der Waals surface area contributed by atoms with Gasteiger partial charge in [-0.15, -0.1) is 0 Å². The lowest BCUT2D eigenvalue weighted by Gasteiger charge is -2.22. The van der Waals surface area contributed by atoms with Crippen molar-refractivity contribution in [2.45, 2.75) is 26.2 Å². The molecule has 12 aromatic rings. The molecule has 0 bridgehead atoms. The molecule has 0 aliphatic heterocycles. The van der Waals surface area contributed by atoms with E-state index in [1.54, 1.807) is 0 Å². The number of nitrogens with zero attached hydrogens (tertiary/aromatic N) is 5. The van der Waals surface area contributed by atoms with Crippen molar-refractivity contribution in [3.8, 4) is 67.8 Å². The molecule has 0 spiro atoms. The van der Waals surface area contributed by atoms with Crippen LogP contribution < -0.4 is 0 Å². The highest BCUT2D eigenvalue weighted by atomic mass is 15.0. The molecule has 0 N–H and O–H groups in total. The second-order valence-electron chi connectivity index (χ2n) is 18.1. The molecular formula is C61H45N5. The molecule has 66 heavy (non-hydrogen) atoms. The van der Waals surface area contributed by atoms with Crippen molar-refractivity contribution in [1.29, 1.82) is 0 Å². The molecule has 314 valence electrons. The molecule has 0 fully saturated rings. The molecule has 9 aromatic carbocycles. The smallest absolute Gasteiger partial charge is 0.164 e. The van der Waals surface area contributed by atoms with Crippen LogP contribution in [0.2, 0.25) is 0 Å². The molecule has 0 amide bonds. The quantitative estimate of drug-likeness (QED) is 0.161. The lowest BCUT2D eigenvalue weighted by Crippen LogP contribution is -2.10. The number of hydrogen-bond acceptors (Lipinski definition) is 3. The van der Waals surface area contributed by atoms with E-state index < -0.39 is 0 Å². The van der Waals surface area contributed by atoms with E-state index in [0.29, 0.717) is 17.5 Å². The van der Waals surface area contributed by atoms with Crippen LogP contribution >= 0.6 is 0 Å². The summed E-state index contributed by atoms with van der Waals surface area (Å²) in [6.07, 6.45) is 0. The number of hydrogen-bond donors (Lipinski definition) is 0. The molecule has 0 radical (unpaired) electrons. The zero-order chi connectivity index (χ0) is 44.4. The van der Waals surface area contributed by atoms with Gasteiger partial charge in [-0.1, -0.05) is 191 Å². The summed E-state index contributed by atoms with van der Waals surface area (Å²) in [5.74, 6) is 1.86. The van der Waals surface area contributed by atoms with Gasteiger partial charge in [-0.25, -0.2) is 15.0 Å². The predicted molar refractivity (Wildman–Crippen MR) is 274 cm³/mol. The number of fused-ring (bicyclic) bond motifs is 6. The first-order valence-corrected chi connectivity index (χ1v) is 22.6. The summed E-state index contributed by atoms with van der Waals surface area (Å²) >= 11 is 0. The first kappa shape index (κ1) is 39.2. The van der Waals surface area contributed by atoms with E-state index in [9.17, 15) is 0 Å². The molecule has 0 saturated heterocycles. The Labute approximate surface area is 384 Å². The van der Waals surface area contributed by atoms with Gasteiger partial charge in [0.05, 0.1) is 27.8 Å². The van der Waals surface area contributed by atoms with Gasteiger partial charge in [-0.3, -0.25) is 0 Å². The number of rotatable bonds is 7. The minimum Gasteiger partial charge on any atom is -0.309 e. The third kappa shape index (κ3) is 6.67. The van der Waals surface area contributed by atoms with Crippen LogP contribution in [0, 0.1) is 0 Å². The van der Waals surface area contributed by atoms with Crippen molar-refractivity contribution in [2.24, 2.45) is 0 Å². The van der Waals surface area contributed by atoms with Gasteiger partial charge < -0.3 is 9.13 Å². The van der Waals surface area contributed by atoms with Crippen molar-refractivity contribution >= 4 is 43.6 Å². The van der Waals surface area contributed by atoms with Crippen molar-refractivity contribution in [1.82, 2.24) is 24.1 Å². The SMILES string of the molecule is CC(C)(C)c1ccc2c(c1)c1ccc(-n3c4ccccc4c4ccccc43)cc1n2-c1c(-c2ccccc2)cc(-c2nc(-c3ccccc3)nc(-c3ccccc3)n2)cc1-c1ccccc1. The summed E-state index contributed by atoms with van der Waals surface area (Å²) < 4.78 is 4.93. The second kappa shape index (κ2) is 15.7. The Bertz CT molecular complexity index is 3600. The fourth-order valence-corrected chi connectivity index (χ4v) is 9.67. The zero-order valence-electron chi connectivity index (χ0n) is 37.0. The highest BCUT2D eigenvalue weighted by molar-refractivity contribution is 6.13. The standard InChI is InChI=1S/C61H45N5/c1-61(2,3)45-32-35-55-52(38-45)49-34-33-46(65-53-30-18-16-28-47(53)48-29-17-19-31-54(48)65)39-56(49)66(55)57-50(40-20-8-4-9-21-40)36-44(37-51(57)41-22-10-5-11-23-41)60-63-58(42-24-12-6-13-25-42)62-59(64-60)43-26-14-7-15-27-43/h4-39H,1-3H3. The van der Waals surface area contributed by atoms with E-state index in [1.165, 1.54) is 38.1 Å². The Kier molecular flexibility index (Phi) is 9.32. The van der Waals surface area contributed by atoms with E-state index in [2.05, 4.69) is 212 Å². The maximum absolute atomic E-state index is 5.25. The fourth-order valence-electron chi connectivity index (χ4n) is 9.67. The average molecular weight is 848 g/mol. The van der Waals surface area contributed by atoms with Crippen LogP contribution in [0.25, 0.3) is 111 Å². The topological polar surface area (TPSA) is 48.5 Å². The highest BCUT2D eigenvalue weighted by Gasteiger charge is 2.25. The lowest BCUT2D eigenvalue weighted by atomic mass is 9.86. The van der Waals surface area contributed by atoms with Crippen LogP contribution in [-0.2, 0) is 5.41 Å². The van der Waals surface area contributed by atoms with Crippen LogP contribution in [0.3, 0.4) is 0 Å². The Morgan fingerprint density at radius 1 is 0.318 bits per heavy atom. The summed E-state index contributed by atoms with van der Waals surface area (Å²) in [6.45, 7) is 6.88. The average Bonchev–Trinajstić information content (AvgIpc) is 3.88. The van der Waals surface area contributed by atoms with Crippen molar-refractivity contribution in [3.05, 3.63) is 224 Å². The van der Waals surface area contributed by atoms with Gasteiger partial charge in [0.15, 0.2) is 17.5 Å².